The Labute approximate surface area is 136 Å². The highest BCUT2D eigenvalue weighted by Crippen LogP contribution is 2.21. The molecule has 0 bridgehead atoms. The quantitative estimate of drug-likeness (QED) is 0.643. The molecule has 0 spiro atoms. The monoisotopic (exact) mass is 314 g/mol. The third kappa shape index (κ3) is 4.83. The maximum atomic E-state index is 12.1. The zero-order valence-electron chi connectivity index (χ0n) is 13.7. The van der Waals surface area contributed by atoms with Crippen molar-refractivity contribution in [3.63, 3.8) is 0 Å². The predicted octanol–water partition coefficient (Wildman–Crippen LogP) is 4.14. The lowest BCUT2D eigenvalue weighted by Gasteiger charge is -2.11. The standard InChI is InChI=1S/C19H22O4/c1-4-18(20)14-5-7-15(8-6-14)19(21)23-17-11-9-16(10-12-17)22-13(2)3/h5-13,18,20H,4H2,1-3H3. The van der Waals surface area contributed by atoms with Gasteiger partial charge in [-0.05, 0) is 62.2 Å². The van der Waals surface area contributed by atoms with Crippen LogP contribution in [0.4, 0.5) is 0 Å². The van der Waals surface area contributed by atoms with E-state index in [4.69, 9.17) is 9.47 Å². The second-order valence-corrected chi connectivity index (χ2v) is 5.57. The number of aliphatic hydroxyl groups excluding tert-OH is 1. The predicted molar refractivity (Wildman–Crippen MR) is 88.9 cm³/mol. The summed E-state index contributed by atoms with van der Waals surface area (Å²) in [6.07, 6.45) is 0.225. The average molecular weight is 314 g/mol. The van der Waals surface area contributed by atoms with Crippen LogP contribution in [0.15, 0.2) is 48.5 Å². The van der Waals surface area contributed by atoms with Crippen LogP contribution in [0, 0.1) is 0 Å². The Morgan fingerprint density at radius 1 is 1.00 bits per heavy atom. The molecule has 122 valence electrons. The van der Waals surface area contributed by atoms with Crippen LogP contribution in [0.1, 0.15) is 49.2 Å². The van der Waals surface area contributed by atoms with E-state index in [0.717, 1.165) is 11.3 Å². The second-order valence-electron chi connectivity index (χ2n) is 5.57. The summed E-state index contributed by atoms with van der Waals surface area (Å²) in [5, 5.41) is 9.75. The van der Waals surface area contributed by atoms with Crippen LogP contribution in [0.5, 0.6) is 11.5 Å². The summed E-state index contributed by atoms with van der Waals surface area (Å²) >= 11 is 0. The molecule has 2 rings (SSSR count). The van der Waals surface area contributed by atoms with Gasteiger partial charge in [0, 0.05) is 0 Å². The molecule has 2 aromatic rings. The summed E-state index contributed by atoms with van der Waals surface area (Å²) in [6, 6.07) is 13.7. The highest BCUT2D eigenvalue weighted by Gasteiger charge is 2.11. The number of hydrogen-bond acceptors (Lipinski definition) is 4. The molecule has 0 aliphatic heterocycles. The fraction of sp³-hybridized carbons (Fsp3) is 0.316. The lowest BCUT2D eigenvalue weighted by molar-refractivity contribution is 0.0734. The van der Waals surface area contributed by atoms with Crippen LogP contribution in [0.25, 0.3) is 0 Å². The zero-order chi connectivity index (χ0) is 16.8. The fourth-order valence-corrected chi connectivity index (χ4v) is 2.10. The van der Waals surface area contributed by atoms with Gasteiger partial charge in [0.05, 0.1) is 17.8 Å². The van der Waals surface area contributed by atoms with E-state index in [2.05, 4.69) is 0 Å². The van der Waals surface area contributed by atoms with Crippen LogP contribution in [0.2, 0.25) is 0 Å². The van der Waals surface area contributed by atoms with Crippen LogP contribution in [0.3, 0.4) is 0 Å². The number of aliphatic hydroxyl groups is 1. The van der Waals surface area contributed by atoms with Crippen molar-refractivity contribution in [2.45, 2.75) is 39.4 Å². The number of benzene rings is 2. The first kappa shape index (κ1) is 17.0. The Kier molecular flexibility index (Phi) is 5.77. The molecule has 0 amide bonds. The van der Waals surface area contributed by atoms with E-state index in [1.807, 2.05) is 20.8 Å². The van der Waals surface area contributed by atoms with Crippen LogP contribution >= 0.6 is 0 Å². The highest BCUT2D eigenvalue weighted by molar-refractivity contribution is 5.91. The lowest BCUT2D eigenvalue weighted by Crippen LogP contribution is -2.09. The first-order valence-electron chi connectivity index (χ1n) is 7.76. The maximum Gasteiger partial charge on any atom is 0.343 e. The van der Waals surface area contributed by atoms with Gasteiger partial charge in [0.2, 0.25) is 0 Å². The van der Waals surface area contributed by atoms with E-state index in [0.29, 0.717) is 17.7 Å². The van der Waals surface area contributed by atoms with Gasteiger partial charge in [-0.25, -0.2) is 4.79 Å². The molecule has 1 N–H and O–H groups in total. The van der Waals surface area contributed by atoms with Gasteiger partial charge in [-0.3, -0.25) is 0 Å². The second kappa shape index (κ2) is 7.79. The van der Waals surface area contributed by atoms with Crippen molar-refractivity contribution in [1.82, 2.24) is 0 Å². The fourth-order valence-electron chi connectivity index (χ4n) is 2.10. The first-order valence-corrected chi connectivity index (χ1v) is 7.76. The molecule has 2 aromatic carbocycles. The van der Waals surface area contributed by atoms with Gasteiger partial charge in [0.25, 0.3) is 0 Å². The van der Waals surface area contributed by atoms with Crippen LogP contribution < -0.4 is 9.47 Å². The SMILES string of the molecule is CCC(O)c1ccc(C(=O)Oc2ccc(OC(C)C)cc2)cc1. The van der Waals surface area contributed by atoms with Gasteiger partial charge in [0.1, 0.15) is 11.5 Å². The minimum absolute atomic E-state index is 0.0976. The van der Waals surface area contributed by atoms with Gasteiger partial charge < -0.3 is 14.6 Å². The molecule has 0 aromatic heterocycles. The Hall–Kier alpha value is -2.33. The molecule has 0 saturated heterocycles. The largest absolute Gasteiger partial charge is 0.491 e. The van der Waals surface area contributed by atoms with E-state index >= 15 is 0 Å². The molecule has 1 atom stereocenters. The Morgan fingerprint density at radius 2 is 1.57 bits per heavy atom. The van der Waals surface area contributed by atoms with Crippen molar-refractivity contribution in [1.29, 1.82) is 0 Å². The van der Waals surface area contributed by atoms with Crippen molar-refractivity contribution >= 4 is 5.97 Å². The third-order valence-electron chi connectivity index (χ3n) is 3.32. The van der Waals surface area contributed by atoms with E-state index in [1.54, 1.807) is 48.5 Å². The molecule has 0 aliphatic carbocycles. The minimum Gasteiger partial charge on any atom is -0.491 e. The smallest absolute Gasteiger partial charge is 0.343 e. The van der Waals surface area contributed by atoms with Gasteiger partial charge in [-0.15, -0.1) is 0 Å². The molecule has 23 heavy (non-hydrogen) atoms. The van der Waals surface area contributed by atoms with E-state index < -0.39 is 12.1 Å². The number of rotatable bonds is 6. The molecule has 0 aliphatic rings. The van der Waals surface area contributed by atoms with E-state index in [9.17, 15) is 9.90 Å². The van der Waals surface area contributed by atoms with Gasteiger partial charge in [-0.1, -0.05) is 19.1 Å². The van der Waals surface area contributed by atoms with Crippen molar-refractivity contribution in [3.05, 3.63) is 59.7 Å². The molecule has 0 heterocycles. The Balaban J connectivity index is 2.01. The Morgan fingerprint density at radius 3 is 2.09 bits per heavy atom. The average Bonchev–Trinajstić information content (AvgIpc) is 2.55. The summed E-state index contributed by atoms with van der Waals surface area (Å²) < 4.78 is 10.9. The maximum absolute atomic E-state index is 12.1. The third-order valence-corrected chi connectivity index (χ3v) is 3.32. The van der Waals surface area contributed by atoms with Crippen molar-refractivity contribution in [2.75, 3.05) is 0 Å². The van der Waals surface area contributed by atoms with Gasteiger partial charge in [0.15, 0.2) is 0 Å². The van der Waals surface area contributed by atoms with E-state index in [1.165, 1.54) is 0 Å². The summed E-state index contributed by atoms with van der Waals surface area (Å²) in [5.41, 5.74) is 1.23. The number of esters is 1. The minimum atomic E-state index is -0.506. The van der Waals surface area contributed by atoms with Crippen molar-refractivity contribution < 1.29 is 19.4 Å². The van der Waals surface area contributed by atoms with Crippen molar-refractivity contribution in [3.8, 4) is 11.5 Å². The summed E-state index contributed by atoms with van der Waals surface area (Å²) in [6.45, 7) is 5.81. The topological polar surface area (TPSA) is 55.8 Å². The molecule has 4 nitrogen and oxygen atoms in total. The molecule has 0 fully saturated rings. The zero-order valence-corrected chi connectivity index (χ0v) is 13.7. The first-order chi connectivity index (χ1) is 11.0. The molecule has 0 saturated carbocycles. The van der Waals surface area contributed by atoms with Crippen LogP contribution in [-0.2, 0) is 0 Å². The lowest BCUT2D eigenvalue weighted by atomic mass is 10.1. The molecule has 4 heteroatoms. The van der Waals surface area contributed by atoms with Crippen LogP contribution in [-0.4, -0.2) is 17.2 Å². The summed E-state index contributed by atoms with van der Waals surface area (Å²) in [7, 11) is 0. The Bertz CT molecular complexity index is 629. The summed E-state index contributed by atoms with van der Waals surface area (Å²) in [4.78, 5) is 12.1. The highest BCUT2D eigenvalue weighted by atomic mass is 16.5. The van der Waals surface area contributed by atoms with Crippen molar-refractivity contribution in [2.24, 2.45) is 0 Å². The number of ether oxygens (including phenoxy) is 2. The molecular weight excluding hydrogens is 292 g/mol. The van der Waals surface area contributed by atoms with E-state index in [-0.39, 0.29) is 6.10 Å². The summed E-state index contributed by atoms with van der Waals surface area (Å²) in [5.74, 6) is 0.765. The van der Waals surface area contributed by atoms with Gasteiger partial charge >= 0.3 is 5.97 Å². The number of hydrogen-bond donors (Lipinski definition) is 1. The molecular formula is C19H22O4. The molecule has 1 unspecified atom stereocenters. The van der Waals surface area contributed by atoms with Gasteiger partial charge in [-0.2, -0.15) is 0 Å². The normalized spacial score (nSPS) is 12.0. The molecule has 0 radical (unpaired) electrons. The number of carbonyl (C=O) groups is 1. The number of carbonyl (C=O) groups excluding carboxylic acids is 1.